The largest absolute Gasteiger partial charge is 0.134 e. The molecule has 0 bridgehead atoms. The van der Waals surface area contributed by atoms with Crippen molar-refractivity contribution < 1.29 is 0 Å². The summed E-state index contributed by atoms with van der Waals surface area (Å²) in [6.45, 7) is 0. The Labute approximate surface area is 132 Å². The molecule has 0 amide bonds. The van der Waals surface area contributed by atoms with Crippen LogP contribution in [0.25, 0.3) is 10.4 Å². The summed E-state index contributed by atoms with van der Waals surface area (Å²) in [5.74, 6) is 0. The van der Waals surface area contributed by atoms with Crippen LogP contribution in [0.3, 0.4) is 0 Å². The summed E-state index contributed by atoms with van der Waals surface area (Å²) in [5, 5.41) is 0.729. The lowest BCUT2D eigenvalue weighted by atomic mass is 10.1. The molecular formula is C17H11ClS2. The first-order chi connectivity index (χ1) is 9.74. The summed E-state index contributed by atoms with van der Waals surface area (Å²) in [5.41, 5.74) is 2.26. The fourth-order valence-electron chi connectivity index (χ4n) is 1.96. The molecule has 2 aromatic carbocycles. The molecule has 0 aliphatic rings. The number of rotatable bonds is 3. The zero-order valence-electron chi connectivity index (χ0n) is 10.5. The van der Waals surface area contributed by atoms with Crippen molar-refractivity contribution in [2.75, 3.05) is 0 Å². The Morgan fingerprint density at radius 3 is 2.25 bits per heavy atom. The second kappa shape index (κ2) is 5.88. The van der Waals surface area contributed by atoms with Gasteiger partial charge in [0, 0.05) is 14.8 Å². The van der Waals surface area contributed by atoms with Crippen LogP contribution in [0.4, 0.5) is 0 Å². The van der Waals surface area contributed by atoms with Crippen molar-refractivity contribution in [1.29, 1.82) is 0 Å². The third-order valence-electron chi connectivity index (χ3n) is 2.99. The van der Waals surface area contributed by atoms with Crippen molar-refractivity contribution in [1.82, 2.24) is 0 Å². The quantitative estimate of drug-likeness (QED) is 0.432. The molecule has 1 aromatic heterocycles. The number of halogens is 1. The monoisotopic (exact) mass is 314 g/mol. The molecule has 3 rings (SSSR count). The molecule has 0 fully saturated rings. The minimum Gasteiger partial charge on any atom is -0.134 e. The maximum Gasteiger partial charge on any atom is 0.0621 e. The zero-order chi connectivity index (χ0) is 13.9. The van der Waals surface area contributed by atoms with Crippen LogP contribution in [0.15, 0.2) is 66.7 Å². The third-order valence-corrected chi connectivity index (χ3v) is 4.98. The highest BCUT2D eigenvalue weighted by Crippen LogP contribution is 2.29. The molecule has 3 heteroatoms. The second-order valence-corrected chi connectivity index (χ2v) is 6.29. The van der Waals surface area contributed by atoms with Gasteiger partial charge in [0.1, 0.15) is 0 Å². The first-order valence-corrected chi connectivity index (χ1v) is 7.80. The molecule has 0 aliphatic carbocycles. The van der Waals surface area contributed by atoms with Gasteiger partial charge in [-0.2, -0.15) is 0 Å². The predicted molar refractivity (Wildman–Crippen MR) is 92.0 cm³/mol. The first-order valence-electron chi connectivity index (χ1n) is 6.19. The molecule has 1 heterocycles. The standard InChI is InChI=1S/C17H11ClS2/c18-14-8-6-13(7-9-14)17(19)16-11-10-15(20-16)12-4-2-1-3-5-12/h1-11H. The Hall–Kier alpha value is -1.48. The molecule has 0 atom stereocenters. The van der Waals surface area contributed by atoms with Crippen molar-refractivity contribution in [2.45, 2.75) is 0 Å². The van der Waals surface area contributed by atoms with Crippen LogP contribution >= 0.6 is 35.2 Å². The molecule has 20 heavy (non-hydrogen) atoms. The van der Waals surface area contributed by atoms with E-state index in [-0.39, 0.29) is 0 Å². The van der Waals surface area contributed by atoms with Gasteiger partial charge in [0.15, 0.2) is 0 Å². The van der Waals surface area contributed by atoms with Crippen LogP contribution < -0.4 is 0 Å². The Morgan fingerprint density at radius 2 is 1.55 bits per heavy atom. The lowest BCUT2D eigenvalue weighted by Gasteiger charge is -2.01. The van der Waals surface area contributed by atoms with E-state index >= 15 is 0 Å². The van der Waals surface area contributed by atoms with Gasteiger partial charge in [-0.25, -0.2) is 0 Å². The maximum atomic E-state index is 5.91. The van der Waals surface area contributed by atoms with E-state index in [0.717, 1.165) is 20.3 Å². The van der Waals surface area contributed by atoms with E-state index in [9.17, 15) is 0 Å². The van der Waals surface area contributed by atoms with Crippen molar-refractivity contribution in [3.8, 4) is 10.4 Å². The number of hydrogen-bond donors (Lipinski definition) is 0. The Bertz CT molecular complexity index is 727. The molecule has 0 radical (unpaired) electrons. The van der Waals surface area contributed by atoms with Gasteiger partial charge in [0.05, 0.1) is 4.86 Å². The Morgan fingerprint density at radius 1 is 0.850 bits per heavy atom. The summed E-state index contributed by atoms with van der Waals surface area (Å²) >= 11 is 13.2. The molecule has 0 N–H and O–H groups in total. The normalized spacial score (nSPS) is 10.4. The van der Waals surface area contributed by atoms with Crippen molar-refractivity contribution in [2.24, 2.45) is 0 Å². The minimum absolute atomic E-state index is 0.729. The summed E-state index contributed by atoms with van der Waals surface area (Å²) < 4.78 is 0. The van der Waals surface area contributed by atoms with Crippen LogP contribution in [-0.2, 0) is 0 Å². The van der Waals surface area contributed by atoms with Crippen molar-refractivity contribution in [3.63, 3.8) is 0 Å². The van der Waals surface area contributed by atoms with E-state index in [1.807, 2.05) is 42.5 Å². The number of thiocarbonyl (C=S) groups is 1. The number of benzene rings is 2. The average molecular weight is 315 g/mol. The topological polar surface area (TPSA) is 0 Å². The Kier molecular flexibility index (Phi) is 3.97. The molecule has 0 saturated carbocycles. The Balaban J connectivity index is 1.90. The number of thiophene rings is 1. The van der Waals surface area contributed by atoms with E-state index in [0.29, 0.717) is 0 Å². The van der Waals surface area contributed by atoms with Gasteiger partial charge in [0.2, 0.25) is 0 Å². The predicted octanol–water partition coefficient (Wildman–Crippen LogP) is 5.83. The van der Waals surface area contributed by atoms with Gasteiger partial charge >= 0.3 is 0 Å². The fraction of sp³-hybridized carbons (Fsp3) is 0. The molecule has 3 aromatic rings. The van der Waals surface area contributed by atoms with E-state index < -0.39 is 0 Å². The van der Waals surface area contributed by atoms with E-state index in [4.69, 9.17) is 23.8 Å². The smallest absolute Gasteiger partial charge is 0.0621 e. The van der Waals surface area contributed by atoms with Crippen molar-refractivity contribution >= 4 is 40.0 Å². The van der Waals surface area contributed by atoms with Crippen LogP contribution in [0.5, 0.6) is 0 Å². The van der Waals surface area contributed by atoms with Gasteiger partial charge in [-0.15, -0.1) is 11.3 Å². The van der Waals surface area contributed by atoms with E-state index in [1.165, 1.54) is 10.4 Å². The van der Waals surface area contributed by atoms with Gasteiger partial charge in [-0.1, -0.05) is 66.3 Å². The van der Waals surface area contributed by atoms with Gasteiger partial charge in [-0.3, -0.25) is 0 Å². The minimum atomic E-state index is 0.729. The fourth-order valence-corrected chi connectivity index (χ4v) is 3.39. The highest BCUT2D eigenvalue weighted by Gasteiger charge is 2.09. The second-order valence-electron chi connectivity index (χ2n) is 4.37. The average Bonchev–Trinajstić information content (AvgIpc) is 2.98. The van der Waals surface area contributed by atoms with Gasteiger partial charge in [-0.05, 0) is 35.4 Å². The molecule has 0 saturated heterocycles. The molecule has 0 spiro atoms. The molecule has 98 valence electrons. The third kappa shape index (κ3) is 2.83. The van der Waals surface area contributed by atoms with Gasteiger partial charge in [0.25, 0.3) is 0 Å². The molecule has 0 nitrogen and oxygen atoms in total. The highest BCUT2D eigenvalue weighted by atomic mass is 35.5. The van der Waals surface area contributed by atoms with E-state index in [2.05, 4.69) is 24.3 Å². The van der Waals surface area contributed by atoms with Crippen LogP contribution in [0.2, 0.25) is 5.02 Å². The summed E-state index contributed by atoms with van der Waals surface area (Å²) in [7, 11) is 0. The SMILES string of the molecule is S=C(c1ccc(Cl)cc1)c1ccc(-c2ccccc2)s1. The number of hydrogen-bond acceptors (Lipinski definition) is 2. The van der Waals surface area contributed by atoms with Crippen LogP contribution in [-0.4, -0.2) is 4.86 Å². The first kappa shape index (κ1) is 13.5. The molecule has 0 aliphatic heterocycles. The van der Waals surface area contributed by atoms with Crippen LogP contribution in [0.1, 0.15) is 10.4 Å². The summed E-state index contributed by atoms with van der Waals surface area (Å²) in [6, 6.07) is 22.2. The summed E-state index contributed by atoms with van der Waals surface area (Å²) in [6.07, 6.45) is 0. The zero-order valence-corrected chi connectivity index (χ0v) is 12.9. The molecule has 0 unspecified atom stereocenters. The maximum absolute atomic E-state index is 5.91. The molecular weight excluding hydrogens is 304 g/mol. The highest BCUT2D eigenvalue weighted by molar-refractivity contribution is 7.81. The lowest BCUT2D eigenvalue weighted by Crippen LogP contribution is -1.95. The summed E-state index contributed by atoms with van der Waals surface area (Å²) in [4.78, 5) is 3.21. The van der Waals surface area contributed by atoms with Crippen molar-refractivity contribution in [3.05, 3.63) is 82.2 Å². The lowest BCUT2D eigenvalue weighted by molar-refractivity contribution is 1.66. The van der Waals surface area contributed by atoms with Gasteiger partial charge < -0.3 is 0 Å². The van der Waals surface area contributed by atoms with E-state index in [1.54, 1.807) is 11.3 Å². The van der Waals surface area contributed by atoms with Crippen LogP contribution in [0, 0.1) is 0 Å².